The molecule has 1 fully saturated rings. The zero-order valence-electron chi connectivity index (χ0n) is 15.8. The van der Waals surface area contributed by atoms with E-state index in [1.54, 1.807) is 12.4 Å². The van der Waals surface area contributed by atoms with Gasteiger partial charge in [0.25, 0.3) is 5.88 Å². The molecular formula is C22H24N4O2. The quantitative estimate of drug-likeness (QED) is 0.640. The second-order valence-corrected chi connectivity index (χ2v) is 6.51. The SMILES string of the molecule is c1ccc(-c2cccc(OCCOc3nccnc3N3CCNCC3)c2)cc1. The Hall–Kier alpha value is -3.12. The first kappa shape index (κ1) is 18.3. The van der Waals surface area contributed by atoms with Crippen LogP contribution in [0.2, 0.25) is 0 Å². The lowest BCUT2D eigenvalue weighted by molar-refractivity contribution is 0.211. The fourth-order valence-electron chi connectivity index (χ4n) is 3.21. The van der Waals surface area contributed by atoms with Crippen LogP contribution in [-0.2, 0) is 0 Å². The van der Waals surface area contributed by atoms with Crippen molar-refractivity contribution >= 4 is 5.82 Å². The summed E-state index contributed by atoms with van der Waals surface area (Å²) in [4.78, 5) is 11.0. The number of hydrogen-bond donors (Lipinski definition) is 1. The number of aromatic nitrogens is 2. The number of nitrogens with one attached hydrogen (secondary N) is 1. The molecule has 0 bridgehead atoms. The van der Waals surface area contributed by atoms with E-state index in [-0.39, 0.29) is 0 Å². The highest BCUT2D eigenvalue weighted by Gasteiger charge is 2.17. The summed E-state index contributed by atoms with van der Waals surface area (Å²) in [6.45, 7) is 4.53. The van der Waals surface area contributed by atoms with Gasteiger partial charge in [-0.3, -0.25) is 0 Å². The van der Waals surface area contributed by atoms with Crippen LogP contribution in [-0.4, -0.2) is 49.4 Å². The molecule has 1 aliphatic rings. The Bertz CT molecular complexity index is 882. The van der Waals surface area contributed by atoms with Crippen molar-refractivity contribution in [2.45, 2.75) is 0 Å². The fraction of sp³-hybridized carbons (Fsp3) is 0.273. The Morgan fingerprint density at radius 2 is 1.57 bits per heavy atom. The van der Waals surface area contributed by atoms with E-state index in [1.165, 1.54) is 5.56 Å². The molecule has 4 rings (SSSR count). The Morgan fingerprint density at radius 3 is 2.43 bits per heavy atom. The zero-order chi connectivity index (χ0) is 19.0. The van der Waals surface area contributed by atoms with E-state index in [0.717, 1.165) is 43.3 Å². The molecule has 2 heterocycles. The number of rotatable bonds is 7. The van der Waals surface area contributed by atoms with Gasteiger partial charge in [0.15, 0.2) is 5.82 Å². The fourth-order valence-corrected chi connectivity index (χ4v) is 3.21. The van der Waals surface area contributed by atoms with Gasteiger partial charge in [0.2, 0.25) is 0 Å². The molecule has 1 N–H and O–H groups in total. The summed E-state index contributed by atoms with van der Waals surface area (Å²) in [7, 11) is 0. The number of ether oxygens (including phenoxy) is 2. The van der Waals surface area contributed by atoms with Crippen LogP contribution in [0.4, 0.5) is 5.82 Å². The van der Waals surface area contributed by atoms with Gasteiger partial charge in [-0.1, -0.05) is 42.5 Å². The van der Waals surface area contributed by atoms with Crippen molar-refractivity contribution in [3.8, 4) is 22.8 Å². The molecule has 0 spiro atoms. The molecule has 0 unspecified atom stereocenters. The number of hydrogen-bond acceptors (Lipinski definition) is 6. The smallest absolute Gasteiger partial charge is 0.257 e. The number of nitrogens with zero attached hydrogens (tertiary/aromatic N) is 3. The summed E-state index contributed by atoms with van der Waals surface area (Å²) in [5.41, 5.74) is 2.30. The van der Waals surface area contributed by atoms with Crippen molar-refractivity contribution in [3.63, 3.8) is 0 Å². The Balaban J connectivity index is 1.33. The van der Waals surface area contributed by atoms with Crippen molar-refractivity contribution in [2.75, 3.05) is 44.3 Å². The Labute approximate surface area is 165 Å². The number of piperazine rings is 1. The van der Waals surface area contributed by atoms with Crippen LogP contribution in [0.25, 0.3) is 11.1 Å². The molecule has 0 saturated carbocycles. The first-order chi connectivity index (χ1) is 13.9. The van der Waals surface area contributed by atoms with Gasteiger partial charge in [0.1, 0.15) is 19.0 Å². The highest BCUT2D eigenvalue weighted by Crippen LogP contribution is 2.24. The highest BCUT2D eigenvalue weighted by molar-refractivity contribution is 5.64. The molecule has 2 aromatic carbocycles. The second kappa shape index (κ2) is 9.19. The molecule has 6 nitrogen and oxygen atoms in total. The van der Waals surface area contributed by atoms with Crippen molar-refractivity contribution in [1.82, 2.24) is 15.3 Å². The third kappa shape index (κ3) is 4.58. The lowest BCUT2D eigenvalue weighted by Crippen LogP contribution is -2.44. The van der Waals surface area contributed by atoms with Crippen LogP contribution in [0.3, 0.4) is 0 Å². The molecule has 1 saturated heterocycles. The van der Waals surface area contributed by atoms with E-state index in [1.807, 2.05) is 36.4 Å². The first-order valence-corrected chi connectivity index (χ1v) is 9.58. The summed E-state index contributed by atoms with van der Waals surface area (Å²) < 4.78 is 11.7. The average molecular weight is 376 g/mol. The zero-order valence-corrected chi connectivity index (χ0v) is 15.8. The van der Waals surface area contributed by atoms with E-state index >= 15 is 0 Å². The van der Waals surface area contributed by atoms with Crippen LogP contribution in [0, 0.1) is 0 Å². The standard InChI is InChI=1S/C22H24N4O2/c1-2-5-18(6-3-1)19-7-4-8-20(17-19)27-15-16-28-22-21(24-9-10-25-22)26-13-11-23-12-14-26/h1-10,17,23H,11-16H2. The maximum atomic E-state index is 5.88. The van der Waals surface area contributed by atoms with Crippen molar-refractivity contribution in [3.05, 3.63) is 67.0 Å². The molecule has 3 aromatic rings. The molecule has 1 aromatic heterocycles. The van der Waals surface area contributed by atoms with Crippen molar-refractivity contribution < 1.29 is 9.47 Å². The van der Waals surface area contributed by atoms with Gasteiger partial charge in [0.05, 0.1) is 0 Å². The van der Waals surface area contributed by atoms with E-state index < -0.39 is 0 Å². The van der Waals surface area contributed by atoms with Gasteiger partial charge >= 0.3 is 0 Å². The van der Waals surface area contributed by atoms with Crippen molar-refractivity contribution in [2.24, 2.45) is 0 Å². The van der Waals surface area contributed by atoms with Gasteiger partial charge in [-0.25, -0.2) is 9.97 Å². The topological polar surface area (TPSA) is 59.5 Å². The maximum Gasteiger partial charge on any atom is 0.257 e. The third-order valence-corrected chi connectivity index (χ3v) is 4.60. The molecular weight excluding hydrogens is 352 g/mol. The minimum Gasteiger partial charge on any atom is -0.490 e. The lowest BCUT2D eigenvalue weighted by Gasteiger charge is -2.28. The molecule has 28 heavy (non-hydrogen) atoms. The second-order valence-electron chi connectivity index (χ2n) is 6.51. The lowest BCUT2D eigenvalue weighted by atomic mass is 10.1. The molecule has 1 aliphatic heterocycles. The van der Waals surface area contributed by atoms with Crippen LogP contribution >= 0.6 is 0 Å². The Kier molecular flexibility index (Phi) is 5.99. The monoisotopic (exact) mass is 376 g/mol. The summed E-state index contributed by atoms with van der Waals surface area (Å²) in [5.74, 6) is 2.19. The minimum atomic E-state index is 0.410. The third-order valence-electron chi connectivity index (χ3n) is 4.60. The average Bonchev–Trinajstić information content (AvgIpc) is 2.78. The van der Waals surface area contributed by atoms with Gasteiger partial charge in [-0.2, -0.15) is 0 Å². The molecule has 0 amide bonds. The molecule has 0 aliphatic carbocycles. The van der Waals surface area contributed by atoms with Gasteiger partial charge in [-0.15, -0.1) is 0 Å². The van der Waals surface area contributed by atoms with Crippen LogP contribution in [0.5, 0.6) is 11.6 Å². The Morgan fingerprint density at radius 1 is 0.821 bits per heavy atom. The van der Waals surface area contributed by atoms with E-state index in [4.69, 9.17) is 9.47 Å². The predicted molar refractivity (Wildman–Crippen MR) is 110 cm³/mol. The molecule has 0 atom stereocenters. The van der Waals surface area contributed by atoms with Crippen LogP contribution in [0.15, 0.2) is 67.0 Å². The van der Waals surface area contributed by atoms with E-state index in [0.29, 0.717) is 19.1 Å². The summed E-state index contributed by atoms with van der Waals surface area (Å²) >= 11 is 0. The normalized spacial score (nSPS) is 13.9. The predicted octanol–water partition coefficient (Wildman–Crippen LogP) is 3.01. The van der Waals surface area contributed by atoms with Crippen LogP contribution < -0.4 is 19.7 Å². The van der Waals surface area contributed by atoms with Crippen molar-refractivity contribution in [1.29, 1.82) is 0 Å². The largest absolute Gasteiger partial charge is 0.490 e. The summed E-state index contributed by atoms with van der Waals surface area (Å²) in [6, 6.07) is 18.4. The van der Waals surface area contributed by atoms with Gasteiger partial charge in [0, 0.05) is 38.6 Å². The highest BCUT2D eigenvalue weighted by atomic mass is 16.5. The minimum absolute atomic E-state index is 0.410. The summed E-state index contributed by atoms with van der Waals surface area (Å²) in [6.07, 6.45) is 3.36. The van der Waals surface area contributed by atoms with Crippen LogP contribution in [0.1, 0.15) is 0 Å². The van der Waals surface area contributed by atoms with Gasteiger partial charge < -0.3 is 19.7 Å². The molecule has 6 heteroatoms. The first-order valence-electron chi connectivity index (χ1n) is 9.58. The number of benzene rings is 2. The van der Waals surface area contributed by atoms with E-state index in [9.17, 15) is 0 Å². The maximum absolute atomic E-state index is 5.88. The summed E-state index contributed by atoms with van der Waals surface area (Å²) in [5, 5.41) is 3.34. The van der Waals surface area contributed by atoms with E-state index in [2.05, 4.69) is 38.4 Å². The molecule has 144 valence electrons. The molecule has 0 radical (unpaired) electrons. The van der Waals surface area contributed by atoms with Gasteiger partial charge in [-0.05, 0) is 23.3 Å². The number of anilines is 1.